The lowest BCUT2D eigenvalue weighted by Gasteiger charge is -2.11. The van der Waals surface area contributed by atoms with Gasteiger partial charge in [-0.25, -0.2) is 4.98 Å². The van der Waals surface area contributed by atoms with E-state index in [9.17, 15) is 0 Å². The fourth-order valence-corrected chi connectivity index (χ4v) is 1.07. The number of rotatable bonds is 6. The predicted octanol–water partition coefficient (Wildman–Crippen LogP) is 1.19. The number of nitrogens with zero attached hydrogens (tertiary/aromatic N) is 1. The lowest BCUT2D eigenvalue weighted by molar-refractivity contribution is 0.0756. The lowest BCUT2D eigenvalue weighted by atomic mass is 10.4. The zero-order valence-corrected chi connectivity index (χ0v) is 8.12. The van der Waals surface area contributed by atoms with Crippen LogP contribution in [0.5, 0.6) is 0 Å². The van der Waals surface area contributed by atoms with Gasteiger partial charge in [0.15, 0.2) is 6.39 Å². The Kier molecular flexibility index (Phi) is 4.49. The second-order valence-electron chi connectivity index (χ2n) is 2.86. The normalized spacial score (nSPS) is 13.1. The maximum atomic E-state index is 5.35. The smallest absolute Gasteiger partial charge is 0.180 e. The van der Waals surface area contributed by atoms with Crippen molar-refractivity contribution in [1.29, 1.82) is 0 Å². The summed E-state index contributed by atoms with van der Waals surface area (Å²) in [4.78, 5) is 3.82. The highest BCUT2D eigenvalue weighted by molar-refractivity contribution is 4.87. The SMILES string of the molecule is CCOC(C)CNCc1cnco1. The molecule has 1 heterocycles. The summed E-state index contributed by atoms with van der Waals surface area (Å²) in [6.07, 6.45) is 3.38. The molecule has 1 N–H and O–H groups in total. The minimum absolute atomic E-state index is 0.243. The molecule has 0 aliphatic carbocycles. The molecule has 1 aromatic rings. The fraction of sp³-hybridized carbons (Fsp3) is 0.667. The molecule has 0 fully saturated rings. The van der Waals surface area contributed by atoms with E-state index in [0.717, 1.165) is 18.9 Å². The minimum Gasteiger partial charge on any atom is -0.447 e. The van der Waals surface area contributed by atoms with Gasteiger partial charge in [-0.15, -0.1) is 0 Å². The maximum Gasteiger partial charge on any atom is 0.180 e. The van der Waals surface area contributed by atoms with Crippen molar-refractivity contribution in [2.45, 2.75) is 26.5 Å². The summed E-state index contributed by atoms with van der Waals surface area (Å²) < 4.78 is 10.4. The van der Waals surface area contributed by atoms with Crippen LogP contribution in [0.4, 0.5) is 0 Å². The van der Waals surface area contributed by atoms with Crippen LogP contribution in [-0.4, -0.2) is 24.2 Å². The summed E-state index contributed by atoms with van der Waals surface area (Å²) in [6, 6.07) is 0. The first-order chi connectivity index (χ1) is 6.33. The van der Waals surface area contributed by atoms with E-state index in [1.807, 2.05) is 13.8 Å². The molecular formula is C9H16N2O2. The third-order valence-corrected chi connectivity index (χ3v) is 1.67. The van der Waals surface area contributed by atoms with Gasteiger partial charge in [-0.1, -0.05) is 0 Å². The van der Waals surface area contributed by atoms with E-state index >= 15 is 0 Å². The summed E-state index contributed by atoms with van der Waals surface area (Å²) in [5.74, 6) is 0.851. The molecule has 13 heavy (non-hydrogen) atoms. The average molecular weight is 184 g/mol. The summed E-state index contributed by atoms with van der Waals surface area (Å²) in [5, 5.41) is 3.21. The molecule has 4 heteroatoms. The lowest BCUT2D eigenvalue weighted by Crippen LogP contribution is -2.26. The maximum absolute atomic E-state index is 5.35. The Morgan fingerprint density at radius 1 is 1.69 bits per heavy atom. The molecule has 1 rings (SSSR count). The molecule has 1 aromatic heterocycles. The summed E-state index contributed by atoms with van der Waals surface area (Å²) in [7, 11) is 0. The second kappa shape index (κ2) is 5.72. The van der Waals surface area contributed by atoms with E-state index in [1.54, 1.807) is 6.20 Å². The van der Waals surface area contributed by atoms with E-state index in [1.165, 1.54) is 6.39 Å². The quantitative estimate of drug-likeness (QED) is 0.721. The van der Waals surface area contributed by atoms with Crippen molar-refractivity contribution in [1.82, 2.24) is 10.3 Å². The Hall–Kier alpha value is -0.870. The third kappa shape index (κ3) is 4.05. The van der Waals surface area contributed by atoms with Gasteiger partial charge < -0.3 is 14.5 Å². The summed E-state index contributed by atoms with van der Waals surface area (Å²) >= 11 is 0. The van der Waals surface area contributed by atoms with E-state index in [2.05, 4.69) is 10.3 Å². The molecule has 0 spiro atoms. The number of nitrogens with one attached hydrogen (secondary N) is 1. The van der Waals surface area contributed by atoms with Gasteiger partial charge >= 0.3 is 0 Å². The molecule has 0 aliphatic rings. The van der Waals surface area contributed by atoms with Crippen LogP contribution in [0, 0.1) is 0 Å². The molecule has 1 unspecified atom stereocenters. The monoisotopic (exact) mass is 184 g/mol. The van der Waals surface area contributed by atoms with E-state index in [-0.39, 0.29) is 6.10 Å². The number of ether oxygens (including phenoxy) is 1. The molecule has 0 radical (unpaired) electrons. The third-order valence-electron chi connectivity index (χ3n) is 1.67. The Morgan fingerprint density at radius 2 is 2.54 bits per heavy atom. The second-order valence-corrected chi connectivity index (χ2v) is 2.86. The molecule has 1 atom stereocenters. The molecular weight excluding hydrogens is 168 g/mol. The van der Waals surface area contributed by atoms with E-state index in [4.69, 9.17) is 9.15 Å². The van der Waals surface area contributed by atoms with Crippen LogP contribution in [0.15, 0.2) is 17.0 Å². The Balaban J connectivity index is 2.07. The van der Waals surface area contributed by atoms with Gasteiger partial charge in [0.2, 0.25) is 0 Å². The first kappa shape index (κ1) is 10.2. The highest BCUT2D eigenvalue weighted by Gasteiger charge is 2.00. The molecule has 0 bridgehead atoms. The van der Waals surface area contributed by atoms with Crippen LogP contribution in [0.2, 0.25) is 0 Å². The van der Waals surface area contributed by atoms with Gasteiger partial charge in [0, 0.05) is 13.2 Å². The molecule has 0 amide bonds. The number of oxazole rings is 1. The van der Waals surface area contributed by atoms with E-state index in [0.29, 0.717) is 6.54 Å². The van der Waals surface area contributed by atoms with Crippen molar-refractivity contribution in [2.24, 2.45) is 0 Å². The van der Waals surface area contributed by atoms with Gasteiger partial charge in [-0.3, -0.25) is 0 Å². The Morgan fingerprint density at radius 3 is 3.15 bits per heavy atom. The van der Waals surface area contributed by atoms with Crippen LogP contribution in [0.1, 0.15) is 19.6 Å². The summed E-state index contributed by atoms with van der Waals surface area (Å²) in [5.41, 5.74) is 0. The average Bonchev–Trinajstić information content (AvgIpc) is 2.57. The van der Waals surface area contributed by atoms with Crippen molar-refractivity contribution < 1.29 is 9.15 Å². The standard InChI is InChI=1S/C9H16N2O2/c1-3-12-8(2)4-10-5-9-6-11-7-13-9/h6-8,10H,3-5H2,1-2H3. The molecule has 0 saturated heterocycles. The highest BCUT2D eigenvalue weighted by atomic mass is 16.5. The van der Waals surface area contributed by atoms with Crippen LogP contribution >= 0.6 is 0 Å². The van der Waals surface area contributed by atoms with Gasteiger partial charge in [0.25, 0.3) is 0 Å². The van der Waals surface area contributed by atoms with Gasteiger partial charge in [-0.2, -0.15) is 0 Å². The van der Waals surface area contributed by atoms with Crippen molar-refractivity contribution in [3.05, 3.63) is 18.4 Å². The molecule has 0 aromatic carbocycles. The highest BCUT2D eigenvalue weighted by Crippen LogP contribution is 1.95. The van der Waals surface area contributed by atoms with Gasteiger partial charge in [0.05, 0.1) is 18.8 Å². The number of aromatic nitrogens is 1. The topological polar surface area (TPSA) is 47.3 Å². The zero-order valence-electron chi connectivity index (χ0n) is 8.12. The summed E-state index contributed by atoms with van der Waals surface area (Å²) in [6.45, 7) is 6.32. The van der Waals surface area contributed by atoms with Gasteiger partial charge in [-0.05, 0) is 13.8 Å². The first-order valence-electron chi connectivity index (χ1n) is 4.52. The number of hydrogen-bond donors (Lipinski definition) is 1. The number of hydrogen-bond acceptors (Lipinski definition) is 4. The van der Waals surface area contributed by atoms with Crippen LogP contribution in [-0.2, 0) is 11.3 Å². The van der Waals surface area contributed by atoms with Crippen molar-refractivity contribution in [3.63, 3.8) is 0 Å². The van der Waals surface area contributed by atoms with Crippen LogP contribution in [0.3, 0.4) is 0 Å². The zero-order chi connectivity index (χ0) is 9.52. The Labute approximate surface area is 78.3 Å². The molecule has 0 saturated carbocycles. The molecule has 74 valence electrons. The van der Waals surface area contributed by atoms with E-state index < -0.39 is 0 Å². The van der Waals surface area contributed by atoms with Crippen molar-refractivity contribution in [3.8, 4) is 0 Å². The largest absolute Gasteiger partial charge is 0.447 e. The Bertz CT molecular complexity index is 211. The van der Waals surface area contributed by atoms with Crippen molar-refractivity contribution >= 4 is 0 Å². The molecule has 4 nitrogen and oxygen atoms in total. The van der Waals surface area contributed by atoms with Crippen LogP contribution in [0.25, 0.3) is 0 Å². The van der Waals surface area contributed by atoms with Crippen molar-refractivity contribution in [2.75, 3.05) is 13.2 Å². The first-order valence-corrected chi connectivity index (χ1v) is 4.52. The fourth-order valence-electron chi connectivity index (χ4n) is 1.07. The predicted molar refractivity (Wildman–Crippen MR) is 49.3 cm³/mol. The van der Waals surface area contributed by atoms with Gasteiger partial charge in [0.1, 0.15) is 5.76 Å². The minimum atomic E-state index is 0.243. The molecule has 0 aliphatic heterocycles. The van der Waals surface area contributed by atoms with Crippen LogP contribution < -0.4 is 5.32 Å².